The number of fused-ring (bicyclic) bond motifs is 1. The van der Waals surface area contributed by atoms with Crippen molar-refractivity contribution in [3.63, 3.8) is 0 Å². The van der Waals surface area contributed by atoms with Crippen molar-refractivity contribution in [1.29, 1.82) is 0 Å². The molecule has 3 heterocycles. The van der Waals surface area contributed by atoms with E-state index in [0.29, 0.717) is 11.8 Å². The number of aryl methyl sites for hydroxylation is 1. The molecule has 0 bridgehead atoms. The monoisotopic (exact) mass is 370 g/mol. The maximum atomic E-state index is 10.9. The maximum Gasteiger partial charge on any atom is 0.230 e. The molecule has 0 saturated carbocycles. The number of piperidine rings is 1. The lowest BCUT2D eigenvalue weighted by molar-refractivity contribution is 0.112. The summed E-state index contributed by atoms with van der Waals surface area (Å²) < 4.78 is 1.60. The number of nitrogens with zero attached hydrogens (tertiary/aromatic N) is 4. The molecular weight excluding hydrogens is 344 g/mol. The molecule has 0 spiro atoms. The van der Waals surface area contributed by atoms with Crippen molar-refractivity contribution in [2.75, 3.05) is 13.1 Å². The zero-order chi connectivity index (χ0) is 18.3. The molecule has 138 valence electrons. The molecule has 0 unspecified atom stereocenters. The first-order valence-electron chi connectivity index (χ1n) is 9.43. The van der Waals surface area contributed by atoms with E-state index in [-0.39, 0.29) is 11.9 Å². The Morgan fingerprint density at radius 3 is 2.50 bits per heavy atom. The lowest BCUT2D eigenvalue weighted by atomic mass is 9.89. The van der Waals surface area contributed by atoms with Crippen LogP contribution in [0.3, 0.4) is 0 Å². The molecule has 1 aliphatic rings. The van der Waals surface area contributed by atoms with Gasteiger partial charge in [-0.2, -0.15) is 4.52 Å². The van der Waals surface area contributed by atoms with Gasteiger partial charge in [-0.15, -0.1) is 5.10 Å². The second kappa shape index (κ2) is 7.00. The Kier molecular flexibility index (Phi) is 4.71. The average molecular weight is 371 g/mol. The summed E-state index contributed by atoms with van der Waals surface area (Å²) in [5, 5.41) is 15.4. The van der Waals surface area contributed by atoms with Crippen LogP contribution in [0.15, 0.2) is 30.3 Å². The van der Waals surface area contributed by atoms with Crippen LogP contribution in [-0.4, -0.2) is 37.7 Å². The molecule has 1 aliphatic heterocycles. The molecule has 4 rings (SSSR count). The van der Waals surface area contributed by atoms with Gasteiger partial charge in [0.1, 0.15) is 0 Å². The van der Waals surface area contributed by atoms with Gasteiger partial charge in [0.05, 0.1) is 10.9 Å². The number of rotatable bonds is 4. The molecule has 3 atom stereocenters. The number of benzene rings is 1. The molecule has 3 aromatic rings. The Morgan fingerprint density at radius 2 is 1.88 bits per heavy atom. The van der Waals surface area contributed by atoms with Crippen molar-refractivity contribution < 1.29 is 5.11 Å². The summed E-state index contributed by atoms with van der Waals surface area (Å²) in [5.41, 5.74) is 1.21. The average Bonchev–Trinajstić information content (AvgIpc) is 3.15. The quantitative estimate of drug-likeness (QED) is 0.750. The molecular formula is C20H26N4OS. The molecule has 1 aromatic carbocycles. The number of aromatic nitrogens is 3. The van der Waals surface area contributed by atoms with Crippen molar-refractivity contribution in [2.24, 2.45) is 11.8 Å². The van der Waals surface area contributed by atoms with Gasteiger partial charge >= 0.3 is 0 Å². The van der Waals surface area contributed by atoms with Gasteiger partial charge in [0.2, 0.25) is 10.8 Å². The SMILES string of the molecule is CCc1nc2sc([C@H](c3ccccc3)N3C[C@H](C)C[C@@H](C)C3)c(O)n2n1. The van der Waals surface area contributed by atoms with Crippen LogP contribution < -0.4 is 0 Å². The highest BCUT2D eigenvalue weighted by molar-refractivity contribution is 7.17. The molecule has 1 fully saturated rings. The second-order valence-corrected chi connectivity index (χ2v) is 8.59. The van der Waals surface area contributed by atoms with Crippen LogP contribution in [0.5, 0.6) is 5.88 Å². The van der Waals surface area contributed by atoms with Crippen molar-refractivity contribution >= 4 is 16.3 Å². The first kappa shape index (κ1) is 17.5. The minimum atomic E-state index is 0.0416. The number of hydrogen-bond acceptors (Lipinski definition) is 5. The highest BCUT2D eigenvalue weighted by atomic mass is 32.1. The summed E-state index contributed by atoms with van der Waals surface area (Å²) in [6, 6.07) is 10.5. The Labute approximate surface area is 158 Å². The van der Waals surface area contributed by atoms with E-state index in [1.807, 2.05) is 13.0 Å². The van der Waals surface area contributed by atoms with Crippen molar-refractivity contribution in [3.05, 3.63) is 46.6 Å². The van der Waals surface area contributed by atoms with Crippen molar-refractivity contribution in [3.8, 4) is 5.88 Å². The van der Waals surface area contributed by atoms with E-state index in [9.17, 15) is 5.11 Å². The lowest BCUT2D eigenvalue weighted by Gasteiger charge is -2.40. The van der Waals surface area contributed by atoms with Gasteiger partial charge in [0, 0.05) is 19.5 Å². The highest BCUT2D eigenvalue weighted by Gasteiger charge is 2.33. The zero-order valence-corrected chi connectivity index (χ0v) is 16.4. The minimum Gasteiger partial charge on any atom is -0.492 e. The molecule has 26 heavy (non-hydrogen) atoms. The Morgan fingerprint density at radius 1 is 1.19 bits per heavy atom. The zero-order valence-electron chi connectivity index (χ0n) is 15.6. The first-order chi connectivity index (χ1) is 12.6. The Hall–Kier alpha value is -1.92. The van der Waals surface area contributed by atoms with E-state index >= 15 is 0 Å². The molecule has 0 amide bonds. The summed E-state index contributed by atoms with van der Waals surface area (Å²) in [6.45, 7) is 8.75. The third-order valence-corrected chi connectivity index (χ3v) is 6.26. The summed E-state index contributed by atoms with van der Waals surface area (Å²) in [4.78, 5) is 8.78. The van der Waals surface area contributed by atoms with Crippen LogP contribution in [0.2, 0.25) is 0 Å². The van der Waals surface area contributed by atoms with Gasteiger partial charge in [-0.25, -0.2) is 4.98 Å². The van der Waals surface area contributed by atoms with E-state index in [0.717, 1.165) is 35.2 Å². The number of thiazole rings is 1. The molecule has 2 aromatic heterocycles. The van der Waals surface area contributed by atoms with E-state index < -0.39 is 0 Å². The van der Waals surface area contributed by atoms with Gasteiger partial charge in [0.15, 0.2) is 5.82 Å². The van der Waals surface area contributed by atoms with Gasteiger partial charge in [-0.05, 0) is 23.8 Å². The number of likely N-dealkylation sites (tertiary alicyclic amines) is 1. The highest BCUT2D eigenvalue weighted by Crippen LogP contribution is 2.41. The fourth-order valence-corrected chi connectivity index (χ4v) is 5.34. The second-order valence-electron chi connectivity index (χ2n) is 7.58. The topological polar surface area (TPSA) is 53.7 Å². The predicted octanol–water partition coefficient (Wildman–Crippen LogP) is 4.13. The molecule has 0 radical (unpaired) electrons. The Balaban J connectivity index is 1.80. The molecule has 0 aliphatic carbocycles. The summed E-state index contributed by atoms with van der Waals surface area (Å²) in [5.74, 6) is 2.31. The van der Waals surface area contributed by atoms with E-state index in [1.165, 1.54) is 12.0 Å². The van der Waals surface area contributed by atoms with Gasteiger partial charge in [0.25, 0.3) is 0 Å². The van der Waals surface area contributed by atoms with Crippen molar-refractivity contribution in [2.45, 2.75) is 39.7 Å². The van der Waals surface area contributed by atoms with Crippen LogP contribution in [0.25, 0.3) is 4.96 Å². The van der Waals surface area contributed by atoms with Gasteiger partial charge < -0.3 is 5.11 Å². The number of aromatic hydroxyl groups is 1. The molecule has 5 nitrogen and oxygen atoms in total. The molecule has 6 heteroatoms. The van der Waals surface area contributed by atoms with Gasteiger partial charge in [-0.3, -0.25) is 4.90 Å². The molecule has 1 N–H and O–H groups in total. The Bertz CT molecular complexity index is 878. The fraction of sp³-hybridized carbons (Fsp3) is 0.500. The van der Waals surface area contributed by atoms with E-state index in [2.05, 4.69) is 53.1 Å². The fourth-order valence-electron chi connectivity index (χ4n) is 4.20. The smallest absolute Gasteiger partial charge is 0.230 e. The number of hydrogen-bond donors (Lipinski definition) is 1. The lowest BCUT2D eigenvalue weighted by Crippen LogP contribution is -2.41. The van der Waals surface area contributed by atoms with Crippen LogP contribution in [0.4, 0.5) is 0 Å². The van der Waals surface area contributed by atoms with E-state index in [4.69, 9.17) is 0 Å². The summed E-state index contributed by atoms with van der Waals surface area (Å²) >= 11 is 1.56. The third-order valence-electron chi connectivity index (χ3n) is 5.19. The minimum absolute atomic E-state index is 0.0416. The molecule has 1 saturated heterocycles. The standard InChI is InChI=1S/C20H26N4OS/c1-4-16-21-20-24(22-16)19(25)18(26-20)17(15-8-6-5-7-9-15)23-11-13(2)10-14(3)12-23/h5-9,13-14,17,25H,4,10-12H2,1-3H3/t13-,14-,17+/m1/s1. The predicted molar refractivity (Wildman–Crippen MR) is 105 cm³/mol. The van der Waals surface area contributed by atoms with Crippen LogP contribution in [-0.2, 0) is 6.42 Å². The summed E-state index contributed by atoms with van der Waals surface area (Å²) in [7, 11) is 0. The maximum absolute atomic E-state index is 10.9. The van der Waals surface area contributed by atoms with Crippen molar-refractivity contribution in [1.82, 2.24) is 19.5 Å². The van der Waals surface area contributed by atoms with E-state index in [1.54, 1.807) is 15.9 Å². The third kappa shape index (κ3) is 3.12. The van der Waals surface area contributed by atoms with Gasteiger partial charge in [-0.1, -0.05) is 62.4 Å². The van der Waals surface area contributed by atoms with Crippen LogP contribution >= 0.6 is 11.3 Å². The summed E-state index contributed by atoms with van der Waals surface area (Å²) in [6.07, 6.45) is 2.03. The van der Waals surface area contributed by atoms with Crippen LogP contribution in [0, 0.1) is 11.8 Å². The first-order valence-corrected chi connectivity index (χ1v) is 10.2. The van der Waals surface area contributed by atoms with Crippen LogP contribution in [0.1, 0.15) is 49.5 Å². The normalized spacial score (nSPS) is 22.7. The largest absolute Gasteiger partial charge is 0.492 e.